The van der Waals surface area contributed by atoms with Gasteiger partial charge in [0, 0.05) is 20.1 Å². The number of imidazole rings is 1. The summed E-state index contributed by atoms with van der Waals surface area (Å²) in [6, 6.07) is 0. The summed E-state index contributed by atoms with van der Waals surface area (Å²) in [5.41, 5.74) is 0.281. The molecule has 0 bridgehead atoms. The van der Waals surface area contributed by atoms with E-state index in [0.717, 1.165) is 18.5 Å². The van der Waals surface area contributed by atoms with Gasteiger partial charge in [-0.1, -0.05) is 5.16 Å². The maximum atomic E-state index is 12.1. The van der Waals surface area contributed by atoms with Crippen LogP contribution in [0.25, 0.3) is 11.6 Å². The van der Waals surface area contributed by atoms with Gasteiger partial charge in [-0.15, -0.1) is 0 Å². The predicted molar refractivity (Wildman–Crippen MR) is 92.1 cm³/mol. The van der Waals surface area contributed by atoms with Crippen LogP contribution >= 0.6 is 0 Å². The van der Waals surface area contributed by atoms with Crippen molar-refractivity contribution in [1.82, 2.24) is 24.6 Å². The molecule has 2 aromatic rings. The van der Waals surface area contributed by atoms with Crippen LogP contribution in [0.1, 0.15) is 39.4 Å². The number of piperidine rings is 1. The van der Waals surface area contributed by atoms with E-state index in [4.69, 9.17) is 14.0 Å². The molecule has 1 amide bonds. The molecule has 0 aliphatic carbocycles. The molecule has 3 rings (SSSR count). The van der Waals surface area contributed by atoms with Gasteiger partial charge in [-0.2, -0.15) is 4.98 Å². The molecule has 0 saturated carbocycles. The molecular formula is C17H25N5O4. The van der Waals surface area contributed by atoms with Gasteiger partial charge >= 0.3 is 6.09 Å². The molecule has 142 valence electrons. The second kappa shape index (κ2) is 7.45. The topological polar surface area (TPSA) is 95.5 Å². The van der Waals surface area contributed by atoms with Gasteiger partial charge in [-0.25, -0.2) is 9.78 Å². The SMILES string of the molecule is Cn1cncc1-c1nc(COC2CCN(C(=O)OC(C)(C)C)CC2)no1. The summed E-state index contributed by atoms with van der Waals surface area (Å²) in [6.07, 6.45) is 4.65. The Kier molecular flexibility index (Phi) is 5.26. The highest BCUT2D eigenvalue weighted by Gasteiger charge is 2.27. The number of aryl methyl sites for hydroxylation is 1. The van der Waals surface area contributed by atoms with Crippen LogP contribution in [0.2, 0.25) is 0 Å². The third kappa shape index (κ3) is 4.60. The van der Waals surface area contributed by atoms with Crippen molar-refractivity contribution in [2.45, 2.75) is 51.9 Å². The summed E-state index contributed by atoms with van der Waals surface area (Å²) in [6.45, 7) is 7.11. The van der Waals surface area contributed by atoms with E-state index in [0.29, 0.717) is 24.8 Å². The lowest BCUT2D eigenvalue weighted by Gasteiger charge is -2.33. The molecule has 9 heteroatoms. The van der Waals surface area contributed by atoms with E-state index in [2.05, 4.69) is 15.1 Å². The van der Waals surface area contributed by atoms with Crippen molar-refractivity contribution in [3.8, 4) is 11.6 Å². The lowest BCUT2D eigenvalue weighted by atomic mass is 10.1. The van der Waals surface area contributed by atoms with Gasteiger partial charge in [-0.05, 0) is 33.6 Å². The molecule has 0 atom stereocenters. The molecule has 2 aromatic heterocycles. The average Bonchev–Trinajstić information content (AvgIpc) is 3.20. The summed E-state index contributed by atoms with van der Waals surface area (Å²) in [4.78, 5) is 22.2. The minimum Gasteiger partial charge on any atom is -0.444 e. The smallest absolute Gasteiger partial charge is 0.410 e. The summed E-state index contributed by atoms with van der Waals surface area (Å²) < 4.78 is 18.3. The third-order valence-electron chi connectivity index (χ3n) is 4.05. The van der Waals surface area contributed by atoms with Crippen LogP contribution in [0.3, 0.4) is 0 Å². The highest BCUT2D eigenvalue weighted by molar-refractivity contribution is 5.68. The van der Waals surface area contributed by atoms with Crippen molar-refractivity contribution in [2.75, 3.05) is 13.1 Å². The number of likely N-dealkylation sites (tertiary alicyclic amines) is 1. The number of carbonyl (C=O) groups excluding carboxylic acids is 1. The van der Waals surface area contributed by atoms with Crippen LogP contribution in [0.4, 0.5) is 4.79 Å². The first-order valence-corrected chi connectivity index (χ1v) is 8.70. The second-order valence-electron chi connectivity index (χ2n) is 7.38. The number of rotatable bonds is 4. The van der Waals surface area contributed by atoms with Crippen molar-refractivity contribution in [3.63, 3.8) is 0 Å². The zero-order chi connectivity index (χ0) is 18.7. The van der Waals surface area contributed by atoms with E-state index in [-0.39, 0.29) is 18.8 Å². The minimum absolute atomic E-state index is 0.0624. The molecule has 0 aromatic carbocycles. The van der Waals surface area contributed by atoms with E-state index in [9.17, 15) is 4.79 Å². The zero-order valence-electron chi connectivity index (χ0n) is 15.6. The van der Waals surface area contributed by atoms with Crippen LogP contribution in [0, 0.1) is 0 Å². The average molecular weight is 363 g/mol. The number of carbonyl (C=O) groups is 1. The molecule has 9 nitrogen and oxygen atoms in total. The monoisotopic (exact) mass is 363 g/mol. The molecule has 0 radical (unpaired) electrons. The Hall–Kier alpha value is -2.42. The van der Waals surface area contributed by atoms with Gasteiger partial charge in [0.2, 0.25) is 0 Å². The summed E-state index contributed by atoms with van der Waals surface area (Å²) in [5.74, 6) is 0.916. The Morgan fingerprint density at radius 2 is 2.08 bits per heavy atom. The number of aromatic nitrogens is 4. The minimum atomic E-state index is -0.478. The van der Waals surface area contributed by atoms with Gasteiger partial charge < -0.3 is 23.5 Å². The van der Waals surface area contributed by atoms with Crippen LogP contribution in [0.5, 0.6) is 0 Å². The molecular weight excluding hydrogens is 338 g/mol. The Morgan fingerprint density at radius 1 is 1.35 bits per heavy atom. The maximum absolute atomic E-state index is 12.1. The number of ether oxygens (including phenoxy) is 2. The Labute approximate surface area is 152 Å². The van der Waals surface area contributed by atoms with Crippen molar-refractivity contribution >= 4 is 6.09 Å². The lowest BCUT2D eigenvalue weighted by molar-refractivity contribution is -0.0190. The number of hydrogen-bond donors (Lipinski definition) is 0. The fourth-order valence-electron chi connectivity index (χ4n) is 2.70. The number of hydrogen-bond acceptors (Lipinski definition) is 7. The quantitative estimate of drug-likeness (QED) is 0.823. The van der Waals surface area contributed by atoms with E-state index in [1.165, 1.54) is 0 Å². The molecule has 1 aliphatic heterocycles. The Bertz CT molecular complexity index is 740. The molecule has 0 unspecified atom stereocenters. The fraction of sp³-hybridized carbons (Fsp3) is 0.647. The van der Waals surface area contributed by atoms with Crippen molar-refractivity contribution in [2.24, 2.45) is 7.05 Å². The van der Waals surface area contributed by atoms with Crippen LogP contribution < -0.4 is 0 Å². The molecule has 1 saturated heterocycles. The Morgan fingerprint density at radius 3 is 2.69 bits per heavy atom. The van der Waals surface area contributed by atoms with Crippen LogP contribution in [0.15, 0.2) is 17.0 Å². The first-order chi connectivity index (χ1) is 12.3. The summed E-state index contributed by atoms with van der Waals surface area (Å²) in [7, 11) is 1.86. The maximum Gasteiger partial charge on any atom is 0.410 e. The molecule has 3 heterocycles. The predicted octanol–water partition coefficient (Wildman–Crippen LogP) is 2.39. The molecule has 26 heavy (non-hydrogen) atoms. The third-order valence-corrected chi connectivity index (χ3v) is 4.05. The van der Waals surface area contributed by atoms with Crippen molar-refractivity contribution < 1.29 is 18.8 Å². The van der Waals surface area contributed by atoms with E-state index in [1.807, 2.05) is 32.4 Å². The first-order valence-electron chi connectivity index (χ1n) is 8.70. The van der Waals surface area contributed by atoms with E-state index >= 15 is 0 Å². The van der Waals surface area contributed by atoms with E-state index < -0.39 is 5.60 Å². The van der Waals surface area contributed by atoms with Crippen molar-refractivity contribution in [3.05, 3.63) is 18.3 Å². The van der Waals surface area contributed by atoms with Crippen LogP contribution in [-0.4, -0.2) is 55.5 Å². The first kappa shape index (κ1) is 18.4. The Balaban J connectivity index is 1.45. The number of nitrogens with zero attached hydrogens (tertiary/aromatic N) is 5. The van der Waals surface area contributed by atoms with Crippen molar-refractivity contribution in [1.29, 1.82) is 0 Å². The summed E-state index contributed by atoms with van der Waals surface area (Å²) >= 11 is 0. The van der Waals surface area contributed by atoms with Crippen LogP contribution in [-0.2, 0) is 23.1 Å². The van der Waals surface area contributed by atoms with Gasteiger partial charge in [0.1, 0.15) is 17.9 Å². The zero-order valence-corrected chi connectivity index (χ0v) is 15.6. The highest BCUT2D eigenvalue weighted by atomic mass is 16.6. The molecule has 0 spiro atoms. The van der Waals surface area contributed by atoms with Gasteiger partial charge in [0.05, 0.1) is 18.6 Å². The summed E-state index contributed by atoms with van der Waals surface area (Å²) in [5, 5.41) is 3.94. The van der Waals surface area contributed by atoms with Gasteiger partial charge in [0.25, 0.3) is 5.89 Å². The molecule has 1 fully saturated rings. The largest absolute Gasteiger partial charge is 0.444 e. The number of amides is 1. The standard InChI is InChI=1S/C17H25N5O4/c1-17(2,3)25-16(23)22-7-5-12(6-8-22)24-10-14-19-15(26-20-14)13-9-18-11-21(13)4/h9,11-12H,5-8,10H2,1-4H3. The molecule has 1 aliphatic rings. The molecule has 0 N–H and O–H groups in total. The lowest BCUT2D eigenvalue weighted by Crippen LogP contribution is -2.43. The second-order valence-corrected chi connectivity index (χ2v) is 7.38. The van der Waals surface area contributed by atoms with E-state index in [1.54, 1.807) is 17.4 Å². The normalized spacial score (nSPS) is 16.1. The van der Waals surface area contributed by atoms with Gasteiger partial charge in [0.15, 0.2) is 5.82 Å². The highest BCUT2D eigenvalue weighted by Crippen LogP contribution is 2.19. The van der Waals surface area contributed by atoms with Gasteiger partial charge in [-0.3, -0.25) is 0 Å². The fourth-order valence-corrected chi connectivity index (χ4v) is 2.70.